The summed E-state index contributed by atoms with van der Waals surface area (Å²) in [5, 5.41) is 8.91. The van der Waals surface area contributed by atoms with Crippen molar-refractivity contribution in [2.24, 2.45) is 7.05 Å². The summed E-state index contributed by atoms with van der Waals surface area (Å²) in [5.74, 6) is 1.10. The lowest BCUT2D eigenvalue weighted by molar-refractivity contribution is 0.144. The molecule has 3 heterocycles. The minimum absolute atomic E-state index is 0. The number of rotatable bonds is 4. The van der Waals surface area contributed by atoms with Crippen LogP contribution in [0, 0.1) is 6.92 Å². The molecule has 3 aromatic rings. The highest BCUT2D eigenvalue weighted by atomic mass is 35.5. The molecular weight excluding hydrogens is 383 g/mol. The van der Waals surface area contributed by atoms with E-state index < -0.39 is 0 Å². The molecule has 0 bridgehead atoms. The van der Waals surface area contributed by atoms with E-state index in [0.717, 1.165) is 48.4 Å². The van der Waals surface area contributed by atoms with Crippen LogP contribution in [-0.2, 0) is 13.6 Å². The van der Waals surface area contributed by atoms with E-state index in [-0.39, 0.29) is 18.4 Å². The first-order chi connectivity index (χ1) is 12.6. The molecule has 4 rings (SSSR count). The standard InChI is InChI=1S/C19H23ClN6.ClH/c1-14-15(13-26(23-14)17-5-3-16(20)4-6-17)12-25-10-7-21-11-18(25)19-22-8-9-24(19)2;/h3-6,8-9,13,18,21H,7,10-12H2,1-2H3;1H. The molecule has 6 nitrogen and oxygen atoms in total. The predicted molar refractivity (Wildman–Crippen MR) is 110 cm³/mol. The number of piperazine rings is 1. The molecule has 0 radical (unpaired) electrons. The van der Waals surface area contributed by atoms with Gasteiger partial charge in [0.05, 0.1) is 17.4 Å². The quantitative estimate of drug-likeness (QED) is 0.722. The van der Waals surface area contributed by atoms with Gasteiger partial charge >= 0.3 is 0 Å². The fraction of sp³-hybridized carbons (Fsp3) is 0.368. The fourth-order valence-corrected chi connectivity index (χ4v) is 3.61. The van der Waals surface area contributed by atoms with Gasteiger partial charge in [-0.3, -0.25) is 4.90 Å². The Hall–Kier alpha value is -1.86. The zero-order chi connectivity index (χ0) is 18.1. The SMILES string of the molecule is Cc1nn(-c2ccc(Cl)cc2)cc1CN1CCNCC1c1nccn1C.Cl. The van der Waals surface area contributed by atoms with Crippen molar-refractivity contribution in [2.45, 2.75) is 19.5 Å². The molecule has 0 spiro atoms. The molecular formula is C19H24Cl2N6. The van der Waals surface area contributed by atoms with Crippen LogP contribution in [0.3, 0.4) is 0 Å². The zero-order valence-corrected chi connectivity index (χ0v) is 17.0. The van der Waals surface area contributed by atoms with Crippen LogP contribution < -0.4 is 5.32 Å². The molecule has 1 aliphatic heterocycles. The van der Waals surface area contributed by atoms with Crippen molar-refractivity contribution >= 4 is 24.0 Å². The third-order valence-electron chi connectivity index (χ3n) is 4.98. The summed E-state index contributed by atoms with van der Waals surface area (Å²) in [6, 6.07) is 8.02. The molecule has 1 saturated heterocycles. The third-order valence-corrected chi connectivity index (χ3v) is 5.23. The van der Waals surface area contributed by atoms with Crippen molar-refractivity contribution in [1.29, 1.82) is 0 Å². The Labute approximate surface area is 170 Å². The van der Waals surface area contributed by atoms with Crippen molar-refractivity contribution < 1.29 is 0 Å². The summed E-state index contributed by atoms with van der Waals surface area (Å²) < 4.78 is 4.04. The van der Waals surface area contributed by atoms with Gasteiger partial charge in [-0.25, -0.2) is 9.67 Å². The Morgan fingerprint density at radius 1 is 1.26 bits per heavy atom. The second kappa shape index (κ2) is 8.44. The fourth-order valence-electron chi connectivity index (χ4n) is 3.48. The summed E-state index contributed by atoms with van der Waals surface area (Å²) in [6.45, 7) is 5.82. The first-order valence-electron chi connectivity index (χ1n) is 8.85. The summed E-state index contributed by atoms with van der Waals surface area (Å²) in [4.78, 5) is 7.04. The van der Waals surface area contributed by atoms with E-state index in [2.05, 4.69) is 39.9 Å². The average molecular weight is 407 g/mol. The number of aromatic nitrogens is 4. The lowest BCUT2D eigenvalue weighted by atomic mass is 10.1. The lowest BCUT2D eigenvalue weighted by Gasteiger charge is -2.35. The summed E-state index contributed by atoms with van der Waals surface area (Å²) in [6.07, 6.45) is 5.99. The highest BCUT2D eigenvalue weighted by Gasteiger charge is 2.27. The van der Waals surface area contributed by atoms with Gasteiger partial charge in [-0.05, 0) is 31.2 Å². The van der Waals surface area contributed by atoms with Crippen molar-refractivity contribution in [3.63, 3.8) is 0 Å². The minimum Gasteiger partial charge on any atom is -0.337 e. The van der Waals surface area contributed by atoms with E-state index in [1.165, 1.54) is 5.56 Å². The number of nitrogens with zero attached hydrogens (tertiary/aromatic N) is 5. The van der Waals surface area contributed by atoms with Gasteiger partial charge in [-0.15, -0.1) is 12.4 Å². The predicted octanol–water partition coefficient (Wildman–Crippen LogP) is 3.14. The maximum Gasteiger partial charge on any atom is 0.127 e. The van der Waals surface area contributed by atoms with Gasteiger partial charge in [-0.1, -0.05) is 11.6 Å². The van der Waals surface area contributed by atoms with Gasteiger partial charge < -0.3 is 9.88 Å². The molecule has 8 heteroatoms. The molecule has 2 aromatic heterocycles. The van der Waals surface area contributed by atoms with Crippen LogP contribution >= 0.6 is 24.0 Å². The van der Waals surface area contributed by atoms with Crippen LogP contribution in [0.25, 0.3) is 5.69 Å². The number of nitrogens with one attached hydrogen (secondary N) is 1. The van der Waals surface area contributed by atoms with Crippen molar-refractivity contribution in [1.82, 2.24) is 29.5 Å². The Morgan fingerprint density at radius 2 is 2.04 bits per heavy atom. The summed E-state index contributed by atoms with van der Waals surface area (Å²) >= 11 is 5.99. The summed E-state index contributed by atoms with van der Waals surface area (Å²) in [7, 11) is 2.05. The topological polar surface area (TPSA) is 50.9 Å². The van der Waals surface area contributed by atoms with Gasteiger partial charge in [-0.2, -0.15) is 5.10 Å². The number of aryl methyl sites for hydroxylation is 2. The van der Waals surface area contributed by atoms with E-state index in [0.29, 0.717) is 0 Å². The Morgan fingerprint density at radius 3 is 2.74 bits per heavy atom. The highest BCUT2D eigenvalue weighted by Crippen LogP contribution is 2.24. The number of halogens is 2. The lowest BCUT2D eigenvalue weighted by Crippen LogP contribution is -2.46. The first kappa shape index (κ1) is 19.9. The van der Waals surface area contributed by atoms with E-state index in [4.69, 9.17) is 16.7 Å². The van der Waals surface area contributed by atoms with Crippen LogP contribution in [0.15, 0.2) is 42.9 Å². The molecule has 1 N–H and O–H groups in total. The van der Waals surface area contributed by atoms with E-state index in [9.17, 15) is 0 Å². The number of imidazole rings is 1. The van der Waals surface area contributed by atoms with Gasteiger partial charge in [0.25, 0.3) is 0 Å². The van der Waals surface area contributed by atoms with Crippen LogP contribution in [0.5, 0.6) is 0 Å². The third kappa shape index (κ3) is 4.19. The molecule has 27 heavy (non-hydrogen) atoms. The Balaban J connectivity index is 0.00000210. The molecule has 1 fully saturated rings. The first-order valence-corrected chi connectivity index (χ1v) is 9.22. The van der Waals surface area contributed by atoms with E-state index in [1.54, 1.807) is 0 Å². The van der Waals surface area contributed by atoms with Crippen molar-refractivity contribution in [2.75, 3.05) is 19.6 Å². The van der Waals surface area contributed by atoms with E-state index >= 15 is 0 Å². The Kier molecular flexibility index (Phi) is 6.22. The molecule has 0 aliphatic carbocycles. The van der Waals surface area contributed by atoms with Crippen LogP contribution in [-0.4, -0.2) is 43.9 Å². The smallest absolute Gasteiger partial charge is 0.127 e. The molecule has 1 aromatic carbocycles. The average Bonchev–Trinajstić information content (AvgIpc) is 3.22. The highest BCUT2D eigenvalue weighted by molar-refractivity contribution is 6.30. The second-order valence-corrected chi connectivity index (χ2v) is 7.18. The van der Waals surface area contributed by atoms with Crippen LogP contribution in [0.1, 0.15) is 23.1 Å². The second-order valence-electron chi connectivity index (χ2n) is 6.75. The van der Waals surface area contributed by atoms with Gasteiger partial charge in [0.15, 0.2) is 0 Å². The number of benzene rings is 1. The van der Waals surface area contributed by atoms with E-state index in [1.807, 2.05) is 41.3 Å². The van der Waals surface area contributed by atoms with Crippen LogP contribution in [0.4, 0.5) is 0 Å². The maximum absolute atomic E-state index is 5.99. The minimum atomic E-state index is 0. The molecule has 1 aliphatic rings. The van der Waals surface area contributed by atoms with Crippen molar-refractivity contribution in [3.8, 4) is 5.69 Å². The number of hydrogen-bond donors (Lipinski definition) is 1. The van der Waals surface area contributed by atoms with Crippen LogP contribution in [0.2, 0.25) is 5.02 Å². The zero-order valence-electron chi connectivity index (χ0n) is 15.5. The molecule has 1 unspecified atom stereocenters. The van der Waals surface area contributed by atoms with Gasteiger partial charge in [0.1, 0.15) is 5.82 Å². The largest absolute Gasteiger partial charge is 0.337 e. The molecule has 144 valence electrons. The molecule has 0 saturated carbocycles. The maximum atomic E-state index is 5.99. The number of hydrogen-bond acceptors (Lipinski definition) is 4. The molecule has 0 amide bonds. The van der Waals surface area contributed by atoms with Crippen molar-refractivity contribution in [3.05, 3.63) is 65.0 Å². The molecule has 1 atom stereocenters. The Bertz CT molecular complexity index is 886. The van der Waals surface area contributed by atoms with Gasteiger partial charge in [0.2, 0.25) is 0 Å². The monoisotopic (exact) mass is 406 g/mol. The summed E-state index contributed by atoms with van der Waals surface area (Å²) in [5.41, 5.74) is 3.31. The normalized spacial score (nSPS) is 17.7. The van der Waals surface area contributed by atoms with Gasteiger partial charge in [0, 0.05) is 62.4 Å².